The fourth-order valence-electron chi connectivity index (χ4n) is 3.97. The molecule has 2 aromatic carbocycles. The summed E-state index contributed by atoms with van der Waals surface area (Å²) in [4.78, 5) is 42.1. The average Bonchev–Trinajstić information content (AvgIpc) is 3.17. The standard InChI is InChI=1S/C25H23N3O7S/c1-5-35-24(30)21-14(2)26-25-27(22(21)16-8-11-18(33-3)19(13-16)34-4)23(29)20(36-25)12-15-6-9-17(10-7-15)28(31)32/h6-13,22H,5H2,1-4H3/b20-12-. The van der Waals surface area contributed by atoms with E-state index in [9.17, 15) is 19.7 Å². The molecule has 2 heterocycles. The molecule has 36 heavy (non-hydrogen) atoms. The highest BCUT2D eigenvalue weighted by Gasteiger charge is 2.33. The van der Waals surface area contributed by atoms with E-state index in [0.29, 0.717) is 37.7 Å². The van der Waals surface area contributed by atoms with E-state index in [1.54, 1.807) is 50.3 Å². The molecule has 11 heteroatoms. The van der Waals surface area contributed by atoms with Crippen molar-refractivity contribution >= 4 is 29.1 Å². The number of fused-ring (bicyclic) bond motifs is 1. The van der Waals surface area contributed by atoms with Crippen LogP contribution in [0.4, 0.5) is 5.69 Å². The number of methoxy groups -OCH3 is 2. The van der Waals surface area contributed by atoms with Crippen molar-refractivity contribution in [2.75, 3.05) is 20.8 Å². The summed E-state index contributed by atoms with van der Waals surface area (Å²) >= 11 is 1.17. The van der Waals surface area contributed by atoms with Crippen molar-refractivity contribution in [2.24, 2.45) is 4.99 Å². The van der Waals surface area contributed by atoms with Gasteiger partial charge in [0, 0.05) is 12.1 Å². The Balaban J connectivity index is 1.93. The summed E-state index contributed by atoms with van der Waals surface area (Å²) in [6.45, 7) is 3.57. The minimum atomic E-state index is -0.806. The second kappa shape index (κ2) is 10.2. The number of nitrogens with zero attached hydrogens (tertiary/aromatic N) is 3. The molecule has 0 fully saturated rings. The number of esters is 1. The maximum Gasteiger partial charge on any atom is 0.338 e. The van der Waals surface area contributed by atoms with E-state index in [4.69, 9.17) is 14.2 Å². The number of allylic oxidation sites excluding steroid dienone is 1. The molecule has 1 aliphatic rings. The van der Waals surface area contributed by atoms with Gasteiger partial charge in [-0.1, -0.05) is 17.4 Å². The zero-order valence-corrected chi connectivity index (χ0v) is 20.8. The van der Waals surface area contributed by atoms with Crippen molar-refractivity contribution < 1.29 is 23.9 Å². The molecule has 0 radical (unpaired) electrons. The number of benzene rings is 2. The van der Waals surface area contributed by atoms with Crippen molar-refractivity contribution in [2.45, 2.75) is 19.9 Å². The Bertz CT molecular complexity index is 1550. The Morgan fingerprint density at radius 2 is 1.86 bits per heavy atom. The third kappa shape index (κ3) is 4.52. The summed E-state index contributed by atoms with van der Waals surface area (Å²) in [5, 5.41) is 10.9. The first-order valence-corrected chi connectivity index (χ1v) is 11.8. The van der Waals surface area contributed by atoms with E-state index < -0.39 is 16.9 Å². The number of carbonyl (C=O) groups excluding carboxylic acids is 1. The molecule has 0 N–H and O–H groups in total. The lowest BCUT2D eigenvalue weighted by atomic mass is 9.95. The van der Waals surface area contributed by atoms with Gasteiger partial charge in [-0.05, 0) is 55.3 Å². The van der Waals surface area contributed by atoms with Crippen LogP contribution in [0.25, 0.3) is 6.08 Å². The number of hydrogen-bond acceptors (Lipinski definition) is 9. The van der Waals surface area contributed by atoms with E-state index >= 15 is 0 Å². The van der Waals surface area contributed by atoms with Gasteiger partial charge < -0.3 is 14.2 Å². The van der Waals surface area contributed by atoms with Crippen LogP contribution in [0.3, 0.4) is 0 Å². The summed E-state index contributed by atoms with van der Waals surface area (Å²) in [6, 6.07) is 10.3. The molecule has 0 amide bonds. The van der Waals surface area contributed by atoms with Crippen LogP contribution in [-0.4, -0.2) is 36.3 Å². The number of thiazole rings is 1. The highest BCUT2D eigenvalue weighted by Crippen LogP contribution is 2.36. The first-order chi connectivity index (χ1) is 17.3. The molecular formula is C25H23N3O7S. The lowest BCUT2D eigenvalue weighted by Crippen LogP contribution is -2.39. The van der Waals surface area contributed by atoms with Gasteiger partial charge in [0.1, 0.15) is 0 Å². The highest BCUT2D eigenvalue weighted by molar-refractivity contribution is 7.07. The van der Waals surface area contributed by atoms with Crippen LogP contribution in [0.1, 0.15) is 31.0 Å². The van der Waals surface area contributed by atoms with Crippen molar-refractivity contribution in [1.82, 2.24) is 4.57 Å². The largest absolute Gasteiger partial charge is 0.493 e. The molecule has 0 spiro atoms. The summed E-state index contributed by atoms with van der Waals surface area (Å²) in [6.07, 6.45) is 1.64. The van der Waals surface area contributed by atoms with Crippen molar-refractivity contribution in [3.05, 3.63) is 94.7 Å². The number of nitro groups is 1. The van der Waals surface area contributed by atoms with Crippen molar-refractivity contribution in [3.63, 3.8) is 0 Å². The van der Waals surface area contributed by atoms with Crippen molar-refractivity contribution in [3.8, 4) is 11.5 Å². The van der Waals surface area contributed by atoms with Gasteiger partial charge in [0.2, 0.25) is 0 Å². The minimum Gasteiger partial charge on any atom is -0.493 e. The number of hydrogen-bond donors (Lipinski definition) is 0. The summed E-state index contributed by atoms with van der Waals surface area (Å²) in [5.41, 5.74) is 1.53. The molecule has 3 aromatic rings. The zero-order chi connectivity index (χ0) is 26.0. The topological polar surface area (TPSA) is 122 Å². The molecular weight excluding hydrogens is 486 g/mol. The molecule has 10 nitrogen and oxygen atoms in total. The van der Waals surface area contributed by atoms with Gasteiger partial charge in [0.25, 0.3) is 11.2 Å². The summed E-state index contributed by atoms with van der Waals surface area (Å²) < 4.78 is 17.9. The maximum atomic E-state index is 13.6. The SMILES string of the molecule is CCOC(=O)C1=C(C)N=c2s/c(=C\c3ccc([N+](=O)[O-])cc3)c(=O)n2C1c1ccc(OC)c(OC)c1. The van der Waals surface area contributed by atoms with Crippen LogP contribution >= 0.6 is 11.3 Å². The van der Waals surface area contributed by atoms with Gasteiger partial charge in [-0.3, -0.25) is 19.5 Å². The number of rotatable bonds is 7. The van der Waals surface area contributed by atoms with Crippen molar-refractivity contribution in [1.29, 1.82) is 0 Å². The van der Waals surface area contributed by atoms with Gasteiger partial charge in [-0.2, -0.15) is 0 Å². The van der Waals surface area contributed by atoms with Gasteiger partial charge in [0.05, 0.1) is 47.6 Å². The molecule has 0 bridgehead atoms. The average molecular weight is 510 g/mol. The van der Waals surface area contributed by atoms with Gasteiger partial charge >= 0.3 is 5.97 Å². The fraction of sp³-hybridized carbons (Fsp3) is 0.240. The van der Waals surface area contributed by atoms with E-state index in [-0.39, 0.29) is 23.4 Å². The molecule has 4 rings (SSSR count). The molecule has 1 aromatic heterocycles. The number of carbonyl (C=O) groups is 1. The minimum absolute atomic E-state index is 0.0447. The van der Waals surface area contributed by atoms with Crippen LogP contribution in [0.2, 0.25) is 0 Å². The zero-order valence-electron chi connectivity index (χ0n) is 20.0. The quantitative estimate of drug-likeness (QED) is 0.273. The number of aromatic nitrogens is 1. The van der Waals surface area contributed by atoms with Crippen LogP contribution < -0.4 is 24.4 Å². The lowest BCUT2D eigenvalue weighted by Gasteiger charge is -2.25. The lowest BCUT2D eigenvalue weighted by molar-refractivity contribution is -0.384. The molecule has 186 valence electrons. The smallest absolute Gasteiger partial charge is 0.338 e. The number of nitro benzene ring substituents is 1. The first kappa shape index (κ1) is 24.9. The van der Waals surface area contributed by atoms with Crippen LogP contribution in [0, 0.1) is 10.1 Å². The molecule has 1 aliphatic heterocycles. The molecule has 1 unspecified atom stereocenters. The maximum absolute atomic E-state index is 13.6. The molecule has 0 saturated carbocycles. The molecule has 0 saturated heterocycles. The molecule has 0 aliphatic carbocycles. The normalized spacial score (nSPS) is 15.2. The Hall–Kier alpha value is -4.25. The second-order valence-electron chi connectivity index (χ2n) is 7.77. The second-order valence-corrected chi connectivity index (χ2v) is 8.77. The van der Waals surface area contributed by atoms with Crippen LogP contribution in [0.15, 0.2) is 63.5 Å². The summed E-state index contributed by atoms with van der Waals surface area (Å²) in [7, 11) is 3.03. The van der Waals surface area contributed by atoms with E-state index in [2.05, 4.69) is 4.99 Å². The van der Waals surface area contributed by atoms with E-state index in [0.717, 1.165) is 0 Å². The fourth-order valence-corrected chi connectivity index (χ4v) is 5.02. The summed E-state index contributed by atoms with van der Waals surface area (Å²) in [5.74, 6) is 0.384. The third-order valence-corrected chi connectivity index (χ3v) is 6.62. The van der Waals surface area contributed by atoms with Crippen LogP contribution in [0.5, 0.6) is 11.5 Å². The molecule has 1 atom stereocenters. The van der Waals surface area contributed by atoms with Crippen LogP contribution in [-0.2, 0) is 9.53 Å². The first-order valence-electron chi connectivity index (χ1n) is 10.9. The number of non-ortho nitro benzene ring substituents is 1. The van der Waals surface area contributed by atoms with Gasteiger partial charge in [-0.25, -0.2) is 9.79 Å². The third-order valence-electron chi connectivity index (χ3n) is 5.64. The Morgan fingerprint density at radius 3 is 2.47 bits per heavy atom. The Labute approximate surface area is 209 Å². The monoisotopic (exact) mass is 509 g/mol. The van der Waals surface area contributed by atoms with E-state index in [1.165, 1.54) is 42.3 Å². The van der Waals surface area contributed by atoms with E-state index in [1.807, 2.05) is 0 Å². The Morgan fingerprint density at radius 1 is 1.17 bits per heavy atom. The number of ether oxygens (including phenoxy) is 3. The Kier molecular flexibility index (Phi) is 7.02. The van der Waals surface area contributed by atoms with Gasteiger partial charge in [-0.15, -0.1) is 0 Å². The van der Waals surface area contributed by atoms with Gasteiger partial charge in [0.15, 0.2) is 16.3 Å². The highest BCUT2D eigenvalue weighted by atomic mass is 32.1. The predicted octanol–water partition coefficient (Wildman–Crippen LogP) is 2.72. The predicted molar refractivity (Wildman–Crippen MR) is 133 cm³/mol.